The van der Waals surface area contributed by atoms with Crippen molar-refractivity contribution in [2.45, 2.75) is 25.3 Å². The van der Waals surface area contributed by atoms with Gasteiger partial charge in [-0.15, -0.1) is 0 Å². The molecule has 3 aromatic rings. The Morgan fingerprint density at radius 2 is 2.04 bits per heavy atom. The zero-order valence-corrected chi connectivity index (χ0v) is 14.9. The fraction of sp³-hybridized carbons (Fsp3) is 0.227. The Morgan fingerprint density at radius 1 is 1.15 bits per heavy atom. The summed E-state index contributed by atoms with van der Waals surface area (Å²) in [6.45, 7) is 0.716. The van der Waals surface area contributed by atoms with Gasteiger partial charge in [0.2, 0.25) is 0 Å². The van der Waals surface area contributed by atoms with E-state index in [1.165, 1.54) is 12.1 Å². The second-order valence-electron chi connectivity index (χ2n) is 6.76. The van der Waals surface area contributed by atoms with Gasteiger partial charge >= 0.3 is 0 Å². The number of carbonyl (C=O) groups is 1. The number of benzene rings is 1. The maximum atomic E-state index is 13.4. The predicted octanol–water partition coefficient (Wildman–Crippen LogP) is 4.18. The minimum atomic E-state index is -0.243. The lowest BCUT2D eigenvalue weighted by molar-refractivity contribution is 0.0732. The van der Waals surface area contributed by atoms with Crippen molar-refractivity contribution in [1.82, 2.24) is 14.9 Å². The summed E-state index contributed by atoms with van der Waals surface area (Å²) in [5, 5.41) is 0. The molecule has 4 nitrogen and oxygen atoms in total. The van der Waals surface area contributed by atoms with E-state index in [0.717, 1.165) is 29.8 Å². The number of likely N-dealkylation sites (tertiary alicyclic amines) is 1. The van der Waals surface area contributed by atoms with Gasteiger partial charge in [-0.2, -0.15) is 0 Å². The third kappa shape index (κ3) is 3.87. The van der Waals surface area contributed by atoms with Gasteiger partial charge in [-0.25, -0.2) is 4.39 Å². The maximum Gasteiger partial charge on any atom is 0.255 e. The molecule has 0 N–H and O–H groups in total. The normalized spacial score (nSPS) is 16.5. The van der Waals surface area contributed by atoms with Crippen LogP contribution in [-0.4, -0.2) is 27.3 Å². The third-order valence-electron chi connectivity index (χ3n) is 4.87. The Morgan fingerprint density at radius 3 is 2.85 bits per heavy atom. The largest absolute Gasteiger partial charge is 0.330 e. The summed E-state index contributed by atoms with van der Waals surface area (Å²) < 4.78 is 13.4. The Hall–Kier alpha value is -3.08. The van der Waals surface area contributed by atoms with E-state index in [2.05, 4.69) is 4.98 Å². The van der Waals surface area contributed by atoms with Crippen molar-refractivity contribution < 1.29 is 9.18 Å². The van der Waals surface area contributed by atoms with Gasteiger partial charge in [0.15, 0.2) is 0 Å². The van der Waals surface area contributed by atoms with Crippen molar-refractivity contribution in [1.29, 1.82) is 0 Å². The van der Waals surface area contributed by atoms with Crippen LogP contribution in [0.25, 0.3) is 0 Å². The molecule has 1 aromatic carbocycles. The van der Waals surface area contributed by atoms with Crippen LogP contribution in [0, 0.1) is 5.82 Å². The molecule has 2 aromatic heterocycles. The predicted molar refractivity (Wildman–Crippen MR) is 101 cm³/mol. The number of nitrogens with zero attached hydrogens (tertiary/aromatic N) is 3. The van der Waals surface area contributed by atoms with Gasteiger partial charge < -0.3 is 4.90 Å². The van der Waals surface area contributed by atoms with Crippen LogP contribution in [0.15, 0.2) is 67.0 Å². The van der Waals surface area contributed by atoms with Gasteiger partial charge in [0.1, 0.15) is 5.82 Å². The summed E-state index contributed by atoms with van der Waals surface area (Å²) in [4.78, 5) is 23.6. The first-order chi connectivity index (χ1) is 13.2. The van der Waals surface area contributed by atoms with Crippen LogP contribution in [0.2, 0.25) is 0 Å². The van der Waals surface area contributed by atoms with Crippen molar-refractivity contribution >= 4 is 5.91 Å². The second kappa shape index (κ2) is 7.66. The number of hydrogen-bond donors (Lipinski definition) is 0. The van der Waals surface area contributed by atoms with E-state index in [-0.39, 0.29) is 17.8 Å². The molecule has 1 atom stereocenters. The molecule has 1 fully saturated rings. The fourth-order valence-electron chi connectivity index (χ4n) is 3.61. The van der Waals surface area contributed by atoms with Crippen LogP contribution in [0.5, 0.6) is 0 Å². The van der Waals surface area contributed by atoms with Crippen molar-refractivity contribution in [2.24, 2.45) is 0 Å². The Balaban J connectivity index is 1.56. The van der Waals surface area contributed by atoms with Crippen LogP contribution in [0.1, 0.15) is 46.2 Å². The van der Waals surface area contributed by atoms with E-state index in [9.17, 15) is 9.18 Å². The fourth-order valence-corrected chi connectivity index (χ4v) is 3.61. The minimum absolute atomic E-state index is 0.0112. The quantitative estimate of drug-likeness (QED) is 0.700. The lowest BCUT2D eigenvalue weighted by atomic mass is 10.1. The number of halogens is 1. The van der Waals surface area contributed by atoms with Crippen molar-refractivity contribution in [3.05, 3.63) is 95.3 Å². The molecule has 4 rings (SSSR count). The molecule has 1 amide bonds. The highest BCUT2D eigenvalue weighted by molar-refractivity contribution is 5.94. The van der Waals surface area contributed by atoms with Crippen molar-refractivity contribution in [2.75, 3.05) is 6.54 Å². The van der Waals surface area contributed by atoms with Crippen molar-refractivity contribution in [3.8, 4) is 0 Å². The molecule has 0 spiro atoms. The molecular weight excluding hydrogens is 341 g/mol. The first-order valence-electron chi connectivity index (χ1n) is 9.12. The first kappa shape index (κ1) is 17.3. The molecule has 3 heterocycles. The number of aromatic nitrogens is 2. The molecule has 1 saturated heterocycles. The van der Waals surface area contributed by atoms with E-state index in [1.807, 2.05) is 29.2 Å². The average Bonchev–Trinajstić information content (AvgIpc) is 3.18. The Kier molecular flexibility index (Phi) is 4.92. The number of rotatable bonds is 4. The SMILES string of the molecule is O=C(c1cccnc1)N1CCC[C@@H]1c1cccc(Cc2cccc(F)c2)n1. The summed E-state index contributed by atoms with van der Waals surface area (Å²) >= 11 is 0. The van der Waals surface area contributed by atoms with E-state index in [0.29, 0.717) is 18.5 Å². The van der Waals surface area contributed by atoms with E-state index in [1.54, 1.807) is 30.6 Å². The van der Waals surface area contributed by atoms with E-state index < -0.39 is 0 Å². The molecule has 0 saturated carbocycles. The molecule has 136 valence electrons. The smallest absolute Gasteiger partial charge is 0.255 e. The third-order valence-corrected chi connectivity index (χ3v) is 4.87. The standard InChI is InChI=1S/C22H20FN3O/c23-18-7-1-5-16(13-18)14-19-8-2-9-20(25-19)21-10-4-12-26(21)22(27)17-6-3-11-24-15-17/h1-3,5-9,11,13,15,21H,4,10,12,14H2/t21-/m1/s1. The molecule has 27 heavy (non-hydrogen) atoms. The first-order valence-corrected chi connectivity index (χ1v) is 9.12. The van der Waals surface area contributed by atoms with Crippen LogP contribution >= 0.6 is 0 Å². The number of pyridine rings is 2. The van der Waals surface area contributed by atoms with Gasteiger partial charge in [-0.1, -0.05) is 18.2 Å². The highest BCUT2D eigenvalue weighted by Crippen LogP contribution is 2.32. The molecule has 0 radical (unpaired) electrons. The topological polar surface area (TPSA) is 46.1 Å². The Labute approximate surface area is 157 Å². The molecule has 0 bridgehead atoms. The second-order valence-corrected chi connectivity index (χ2v) is 6.76. The number of amides is 1. The van der Waals surface area contributed by atoms with Crippen LogP contribution in [-0.2, 0) is 6.42 Å². The highest BCUT2D eigenvalue weighted by Gasteiger charge is 2.31. The lowest BCUT2D eigenvalue weighted by Crippen LogP contribution is -2.31. The van der Waals surface area contributed by atoms with E-state index >= 15 is 0 Å². The molecular formula is C22H20FN3O. The van der Waals surface area contributed by atoms with Gasteiger partial charge in [0, 0.05) is 31.1 Å². The summed E-state index contributed by atoms with van der Waals surface area (Å²) in [7, 11) is 0. The molecule has 0 unspecified atom stereocenters. The van der Waals surface area contributed by atoms with Crippen LogP contribution < -0.4 is 0 Å². The zero-order chi connectivity index (χ0) is 18.6. The molecule has 1 aliphatic rings. The zero-order valence-electron chi connectivity index (χ0n) is 14.9. The van der Waals surface area contributed by atoms with Crippen molar-refractivity contribution in [3.63, 3.8) is 0 Å². The molecule has 0 aliphatic carbocycles. The monoisotopic (exact) mass is 361 g/mol. The summed E-state index contributed by atoms with van der Waals surface area (Å²) in [6.07, 6.45) is 5.67. The maximum absolute atomic E-state index is 13.4. The average molecular weight is 361 g/mol. The summed E-state index contributed by atoms with van der Waals surface area (Å²) in [5.74, 6) is -0.254. The number of hydrogen-bond acceptors (Lipinski definition) is 3. The Bertz CT molecular complexity index is 945. The lowest BCUT2D eigenvalue weighted by Gasteiger charge is -2.24. The highest BCUT2D eigenvalue weighted by atomic mass is 19.1. The minimum Gasteiger partial charge on any atom is -0.330 e. The summed E-state index contributed by atoms with van der Waals surface area (Å²) in [5.41, 5.74) is 3.24. The molecule has 1 aliphatic heterocycles. The van der Waals surface area contributed by atoms with Gasteiger partial charge in [-0.3, -0.25) is 14.8 Å². The van der Waals surface area contributed by atoms with E-state index in [4.69, 9.17) is 4.98 Å². The number of carbonyl (C=O) groups excluding carboxylic acids is 1. The van der Waals surface area contributed by atoms with Gasteiger partial charge in [0.25, 0.3) is 5.91 Å². The van der Waals surface area contributed by atoms with Gasteiger partial charge in [0.05, 0.1) is 17.3 Å². The van der Waals surface area contributed by atoms with Crippen LogP contribution in [0.4, 0.5) is 4.39 Å². The molecule has 5 heteroatoms. The van der Waals surface area contributed by atoms with Gasteiger partial charge in [-0.05, 0) is 54.8 Å². The summed E-state index contributed by atoms with van der Waals surface area (Å²) in [6, 6.07) is 16.0. The van der Waals surface area contributed by atoms with Crippen LogP contribution in [0.3, 0.4) is 0 Å².